The van der Waals surface area contributed by atoms with Gasteiger partial charge in [-0.1, -0.05) is 6.92 Å². The molecule has 0 aliphatic heterocycles. The summed E-state index contributed by atoms with van der Waals surface area (Å²) >= 11 is 1.77. The van der Waals surface area contributed by atoms with Gasteiger partial charge in [0.25, 0.3) is 0 Å². The van der Waals surface area contributed by atoms with Gasteiger partial charge in [-0.25, -0.2) is 4.98 Å². The topological polar surface area (TPSA) is 26.0 Å². The Bertz CT molecular complexity index is 402. The van der Waals surface area contributed by atoms with Gasteiger partial charge in [-0.05, 0) is 18.6 Å². The van der Waals surface area contributed by atoms with E-state index < -0.39 is 0 Å². The molecule has 3 heteroatoms. The zero-order valence-electron chi connectivity index (χ0n) is 7.70. The minimum atomic E-state index is 0.724. The maximum atomic E-state index is 5.43. The molecule has 0 aliphatic carbocycles. The highest BCUT2D eigenvalue weighted by Gasteiger charge is 2.05. The van der Waals surface area contributed by atoms with Crippen molar-refractivity contribution in [1.29, 1.82) is 0 Å². The lowest BCUT2D eigenvalue weighted by molar-refractivity contribution is 0.535. The lowest BCUT2D eigenvalue weighted by atomic mass is 10.3. The summed E-state index contributed by atoms with van der Waals surface area (Å²) in [5.74, 6) is 1.60. The van der Waals surface area contributed by atoms with Crippen LogP contribution in [0.2, 0.25) is 0 Å². The van der Waals surface area contributed by atoms with Crippen LogP contribution >= 0.6 is 11.3 Å². The average molecular weight is 193 g/mol. The number of nitrogens with zero attached hydrogens (tertiary/aromatic N) is 1. The second-order valence-electron chi connectivity index (χ2n) is 2.86. The third-order valence-electron chi connectivity index (χ3n) is 1.87. The first-order valence-electron chi connectivity index (χ1n) is 4.31. The Morgan fingerprint density at radius 3 is 2.85 bits per heavy atom. The van der Waals surface area contributed by atoms with Crippen LogP contribution in [0.15, 0.2) is 22.7 Å². The maximum Gasteiger partial charge on any atom is 0.191 e. The van der Waals surface area contributed by atoms with Gasteiger partial charge >= 0.3 is 0 Å². The molecule has 0 saturated carbocycles. The third-order valence-corrected chi connectivity index (χ3v) is 3.12. The first-order valence-corrected chi connectivity index (χ1v) is 5.12. The van der Waals surface area contributed by atoms with E-state index in [-0.39, 0.29) is 0 Å². The van der Waals surface area contributed by atoms with Crippen LogP contribution in [0, 0.1) is 6.92 Å². The van der Waals surface area contributed by atoms with E-state index >= 15 is 0 Å². The Morgan fingerprint density at radius 1 is 1.46 bits per heavy atom. The maximum absolute atomic E-state index is 5.43. The van der Waals surface area contributed by atoms with Crippen molar-refractivity contribution in [3.8, 4) is 10.6 Å². The summed E-state index contributed by atoms with van der Waals surface area (Å²) in [6, 6.07) is 4.22. The van der Waals surface area contributed by atoms with Crippen molar-refractivity contribution < 1.29 is 4.42 Å². The van der Waals surface area contributed by atoms with Crippen LogP contribution < -0.4 is 0 Å². The zero-order valence-corrected chi connectivity index (χ0v) is 8.52. The van der Waals surface area contributed by atoms with Gasteiger partial charge in [0, 0.05) is 11.8 Å². The molecule has 0 radical (unpaired) electrons. The van der Waals surface area contributed by atoms with Crippen LogP contribution in [0.1, 0.15) is 17.7 Å². The van der Waals surface area contributed by atoms with Crippen molar-refractivity contribution in [2.45, 2.75) is 20.3 Å². The van der Waals surface area contributed by atoms with Gasteiger partial charge in [0.05, 0.1) is 11.1 Å². The van der Waals surface area contributed by atoms with E-state index in [1.807, 2.05) is 6.92 Å². The second-order valence-corrected chi connectivity index (χ2v) is 4.03. The molecule has 0 unspecified atom stereocenters. The molecular weight excluding hydrogens is 182 g/mol. The SMILES string of the molecule is CCc1ccc(-c2cnc(C)o2)s1. The van der Waals surface area contributed by atoms with Crippen molar-refractivity contribution in [3.63, 3.8) is 0 Å². The van der Waals surface area contributed by atoms with Crippen LogP contribution in [0.3, 0.4) is 0 Å². The van der Waals surface area contributed by atoms with Crippen LogP contribution in [0.4, 0.5) is 0 Å². The molecular formula is C10H11NOS. The number of thiophene rings is 1. The van der Waals surface area contributed by atoms with Gasteiger partial charge in [-0.15, -0.1) is 11.3 Å². The fourth-order valence-electron chi connectivity index (χ4n) is 1.18. The highest BCUT2D eigenvalue weighted by molar-refractivity contribution is 7.15. The molecule has 0 saturated heterocycles. The summed E-state index contributed by atoms with van der Waals surface area (Å²) in [7, 11) is 0. The summed E-state index contributed by atoms with van der Waals surface area (Å²) in [4.78, 5) is 6.61. The number of aromatic nitrogens is 1. The fourth-order valence-corrected chi connectivity index (χ4v) is 2.07. The number of aryl methyl sites for hydroxylation is 2. The highest BCUT2D eigenvalue weighted by Crippen LogP contribution is 2.28. The third kappa shape index (κ3) is 1.65. The molecule has 0 bridgehead atoms. The first-order chi connectivity index (χ1) is 6.29. The van der Waals surface area contributed by atoms with Gasteiger partial charge in [0.1, 0.15) is 0 Å². The molecule has 2 rings (SSSR count). The first kappa shape index (κ1) is 8.51. The summed E-state index contributed by atoms with van der Waals surface area (Å²) in [6.45, 7) is 4.01. The number of rotatable bonds is 2. The molecule has 0 aliphatic rings. The molecule has 0 amide bonds. The van der Waals surface area contributed by atoms with Gasteiger partial charge in [0.2, 0.25) is 0 Å². The highest BCUT2D eigenvalue weighted by atomic mass is 32.1. The van der Waals surface area contributed by atoms with Crippen LogP contribution in [0.5, 0.6) is 0 Å². The molecule has 2 aromatic heterocycles. The van der Waals surface area contributed by atoms with Crippen LogP contribution in [-0.2, 0) is 6.42 Å². The van der Waals surface area contributed by atoms with E-state index in [1.165, 1.54) is 4.88 Å². The van der Waals surface area contributed by atoms with E-state index in [9.17, 15) is 0 Å². The molecule has 0 spiro atoms. The van der Waals surface area contributed by atoms with E-state index in [4.69, 9.17) is 4.42 Å². The molecule has 2 nitrogen and oxygen atoms in total. The van der Waals surface area contributed by atoms with Crippen LogP contribution in [-0.4, -0.2) is 4.98 Å². The van der Waals surface area contributed by atoms with E-state index in [0.717, 1.165) is 22.9 Å². The molecule has 0 fully saturated rings. The fraction of sp³-hybridized carbons (Fsp3) is 0.300. The molecule has 13 heavy (non-hydrogen) atoms. The van der Waals surface area contributed by atoms with Crippen molar-refractivity contribution >= 4 is 11.3 Å². The zero-order chi connectivity index (χ0) is 9.26. The Morgan fingerprint density at radius 2 is 2.31 bits per heavy atom. The van der Waals surface area contributed by atoms with Gasteiger partial charge in [0.15, 0.2) is 11.7 Å². The number of hydrogen-bond donors (Lipinski definition) is 0. The normalized spacial score (nSPS) is 10.6. The van der Waals surface area contributed by atoms with Crippen molar-refractivity contribution in [3.05, 3.63) is 29.1 Å². The van der Waals surface area contributed by atoms with E-state index in [0.29, 0.717) is 0 Å². The quantitative estimate of drug-likeness (QED) is 0.731. The van der Waals surface area contributed by atoms with Gasteiger partial charge in [-0.3, -0.25) is 0 Å². The predicted octanol–water partition coefficient (Wildman–Crippen LogP) is 3.27. The summed E-state index contributed by atoms with van der Waals surface area (Å²) in [5.41, 5.74) is 0. The molecule has 68 valence electrons. The lowest BCUT2D eigenvalue weighted by Crippen LogP contribution is -1.64. The molecule has 0 aromatic carbocycles. The summed E-state index contributed by atoms with van der Waals surface area (Å²) < 4.78 is 5.43. The molecule has 0 N–H and O–H groups in total. The predicted molar refractivity (Wildman–Crippen MR) is 53.9 cm³/mol. The average Bonchev–Trinajstić information content (AvgIpc) is 2.71. The van der Waals surface area contributed by atoms with Crippen molar-refractivity contribution in [2.75, 3.05) is 0 Å². The summed E-state index contributed by atoms with van der Waals surface area (Å²) in [6.07, 6.45) is 2.86. The minimum Gasteiger partial charge on any atom is -0.440 e. The van der Waals surface area contributed by atoms with Gasteiger partial charge < -0.3 is 4.42 Å². The number of hydrogen-bond acceptors (Lipinski definition) is 3. The molecule has 2 aromatic rings. The Balaban J connectivity index is 2.35. The van der Waals surface area contributed by atoms with Crippen LogP contribution in [0.25, 0.3) is 10.6 Å². The Kier molecular flexibility index (Phi) is 2.19. The lowest BCUT2D eigenvalue weighted by Gasteiger charge is -1.87. The van der Waals surface area contributed by atoms with E-state index in [1.54, 1.807) is 17.5 Å². The van der Waals surface area contributed by atoms with Crippen molar-refractivity contribution in [2.24, 2.45) is 0 Å². The number of oxazole rings is 1. The van der Waals surface area contributed by atoms with E-state index in [2.05, 4.69) is 24.0 Å². The smallest absolute Gasteiger partial charge is 0.191 e. The minimum absolute atomic E-state index is 0.724. The largest absolute Gasteiger partial charge is 0.440 e. The summed E-state index contributed by atoms with van der Waals surface area (Å²) in [5, 5.41) is 0. The molecule has 0 atom stereocenters. The second kappa shape index (κ2) is 3.34. The Hall–Kier alpha value is -1.09. The monoisotopic (exact) mass is 193 g/mol. The Labute approximate surface area is 81.2 Å². The standard InChI is InChI=1S/C10H11NOS/c1-3-8-4-5-10(13-8)9-6-11-7(2)12-9/h4-6H,3H2,1-2H3. The molecule has 2 heterocycles. The van der Waals surface area contributed by atoms with Gasteiger partial charge in [-0.2, -0.15) is 0 Å². The van der Waals surface area contributed by atoms with Crippen molar-refractivity contribution in [1.82, 2.24) is 4.98 Å².